The number of carbonyl (C=O) groups is 2. The van der Waals surface area contributed by atoms with Gasteiger partial charge in [-0.25, -0.2) is 4.39 Å². The third-order valence-electron chi connectivity index (χ3n) is 3.33. The van der Waals surface area contributed by atoms with Crippen LogP contribution in [-0.2, 0) is 4.79 Å². The van der Waals surface area contributed by atoms with Gasteiger partial charge in [0.25, 0.3) is 5.91 Å². The van der Waals surface area contributed by atoms with Crippen molar-refractivity contribution in [2.45, 2.75) is 18.9 Å². The first kappa shape index (κ1) is 15.4. The van der Waals surface area contributed by atoms with Crippen molar-refractivity contribution >= 4 is 34.2 Å². The Labute approximate surface area is 137 Å². The van der Waals surface area contributed by atoms with E-state index in [1.807, 2.05) is 0 Å². The third-order valence-corrected chi connectivity index (χ3v) is 4.16. The van der Waals surface area contributed by atoms with Gasteiger partial charge in [0.05, 0.1) is 5.56 Å². The molecular formula is C17H15FN2O2S. The van der Waals surface area contributed by atoms with Gasteiger partial charge in [-0.15, -0.1) is 11.3 Å². The zero-order valence-corrected chi connectivity index (χ0v) is 13.0. The largest absolute Gasteiger partial charge is 0.349 e. The Morgan fingerprint density at radius 2 is 2.09 bits per heavy atom. The van der Waals surface area contributed by atoms with E-state index in [4.69, 9.17) is 0 Å². The molecule has 0 spiro atoms. The smallest absolute Gasteiger partial charge is 0.254 e. The van der Waals surface area contributed by atoms with Gasteiger partial charge < -0.3 is 10.6 Å². The molecule has 1 heterocycles. The Balaban J connectivity index is 1.64. The van der Waals surface area contributed by atoms with Crippen molar-refractivity contribution in [2.24, 2.45) is 0 Å². The summed E-state index contributed by atoms with van der Waals surface area (Å²) < 4.78 is 13.1. The summed E-state index contributed by atoms with van der Waals surface area (Å²) in [5.41, 5.74) is 1.06. The van der Waals surface area contributed by atoms with Crippen LogP contribution >= 0.6 is 11.3 Å². The van der Waals surface area contributed by atoms with Crippen molar-refractivity contribution in [1.29, 1.82) is 0 Å². The van der Waals surface area contributed by atoms with Gasteiger partial charge in [-0.1, -0.05) is 12.1 Å². The topological polar surface area (TPSA) is 58.2 Å². The second-order valence-corrected chi connectivity index (χ2v) is 6.20. The summed E-state index contributed by atoms with van der Waals surface area (Å²) in [4.78, 5) is 24.0. The van der Waals surface area contributed by atoms with E-state index < -0.39 is 0 Å². The molecule has 3 rings (SSSR count). The molecule has 2 aromatic rings. The third kappa shape index (κ3) is 4.26. The number of rotatable bonds is 5. The maximum atomic E-state index is 13.1. The fraction of sp³-hybridized carbons (Fsp3) is 0.176. The van der Waals surface area contributed by atoms with Gasteiger partial charge in [0.15, 0.2) is 0 Å². The average molecular weight is 330 g/mol. The van der Waals surface area contributed by atoms with E-state index in [2.05, 4.69) is 10.6 Å². The van der Waals surface area contributed by atoms with E-state index >= 15 is 0 Å². The molecule has 1 aromatic carbocycles. The van der Waals surface area contributed by atoms with Crippen LogP contribution in [0.25, 0.3) is 6.08 Å². The van der Waals surface area contributed by atoms with E-state index in [9.17, 15) is 14.0 Å². The molecule has 0 atom stereocenters. The van der Waals surface area contributed by atoms with Crippen molar-refractivity contribution in [3.05, 3.63) is 58.7 Å². The molecule has 6 heteroatoms. The van der Waals surface area contributed by atoms with Crippen LogP contribution < -0.4 is 10.6 Å². The van der Waals surface area contributed by atoms with Crippen molar-refractivity contribution in [1.82, 2.24) is 5.32 Å². The monoisotopic (exact) mass is 330 g/mol. The number of halogens is 1. The zero-order chi connectivity index (χ0) is 16.2. The lowest BCUT2D eigenvalue weighted by Gasteiger charge is -2.05. The van der Waals surface area contributed by atoms with E-state index in [-0.39, 0.29) is 23.7 Å². The molecule has 2 amide bonds. The first-order valence-electron chi connectivity index (χ1n) is 7.25. The van der Waals surface area contributed by atoms with E-state index in [0.717, 1.165) is 12.8 Å². The minimum absolute atomic E-state index is 0.168. The summed E-state index contributed by atoms with van der Waals surface area (Å²) in [6.45, 7) is 0. The molecule has 1 aliphatic rings. The van der Waals surface area contributed by atoms with Crippen molar-refractivity contribution in [3.63, 3.8) is 0 Å². The summed E-state index contributed by atoms with van der Waals surface area (Å²) >= 11 is 1.29. The number of anilines is 1. The van der Waals surface area contributed by atoms with Crippen LogP contribution in [0.3, 0.4) is 0 Å². The molecule has 23 heavy (non-hydrogen) atoms. The lowest BCUT2D eigenvalue weighted by Crippen LogP contribution is -2.26. The standard InChI is InChI=1S/C17H15FN2O2S/c18-12-3-1-2-11(10-12)4-7-15(21)20-17-14(8-9-23-17)16(22)19-13-5-6-13/h1-4,7-10,13H,5-6H2,(H,19,22)(H,20,21)/b7-4+. The van der Waals surface area contributed by atoms with Crippen LogP contribution in [0.4, 0.5) is 9.39 Å². The fourth-order valence-corrected chi connectivity index (χ4v) is 2.80. The van der Waals surface area contributed by atoms with Gasteiger partial charge in [-0.2, -0.15) is 0 Å². The van der Waals surface area contributed by atoms with Gasteiger partial charge in [-0.3, -0.25) is 9.59 Å². The van der Waals surface area contributed by atoms with E-state index in [1.165, 1.54) is 35.6 Å². The molecule has 0 unspecified atom stereocenters. The highest BCUT2D eigenvalue weighted by Crippen LogP contribution is 2.25. The number of nitrogens with one attached hydrogen (secondary N) is 2. The molecule has 0 radical (unpaired) electrons. The summed E-state index contributed by atoms with van der Waals surface area (Å²) in [7, 11) is 0. The lowest BCUT2D eigenvalue weighted by atomic mass is 10.2. The number of hydrogen-bond acceptors (Lipinski definition) is 3. The van der Waals surface area contributed by atoms with Crippen molar-refractivity contribution in [3.8, 4) is 0 Å². The highest BCUT2D eigenvalue weighted by molar-refractivity contribution is 7.14. The van der Waals surface area contributed by atoms with Gasteiger partial charge in [0.1, 0.15) is 10.8 Å². The van der Waals surface area contributed by atoms with Gasteiger partial charge in [0, 0.05) is 12.1 Å². The average Bonchev–Trinajstić information content (AvgIpc) is 3.21. The van der Waals surface area contributed by atoms with E-state index in [1.54, 1.807) is 23.6 Å². The van der Waals surface area contributed by atoms with Crippen LogP contribution in [0.2, 0.25) is 0 Å². The highest BCUT2D eigenvalue weighted by Gasteiger charge is 2.25. The molecule has 2 N–H and O–H groups in total. The molecule has 118 valence electrons. The lowest BCUT2D eigenvalue weighted by molar-refractivity contribution is -0.111. The quantitative estimate of drug-likeness (QED) is 0.825. The molecule has 0 bridgehead atoms. The minimum atomic E-state index is -0.364. The number of amides is 2. The molecule has 4 nitrogen and oxygen atoms in total. The van der Waals surface area contributed by atoms with Gasteiger partial charge in [-0.05, 0) is 48.1 Å². The molecule has 1 aromatic heterocycles. The Morgan fingerprint density at radius 3 is 2.83 bits per heavy atom. The summed E-state index contributed by atoms with van der Waals surface area (Å²) in [5.74, 6) is -0.889. The first-order valence-corrected chi connectivity index (χ1v) is 8.13. The SMILES string of the molecule is O=C(/C=C/c1cccc(F)c1)Nc1sccc1C(=O)NC1CC1. The Morgan fingerprint density at radius 1 is 1.26 bits per heavy atom. The maximum absolute atomic E-state index is 13.1. The number of thiophene rings is 1. The molecule has 1 saturated carbocycles. The maximum Gasteiger partial charge on any atom is 0.254 e. The normalized spacial score (nSPS) is 14.0. The van der Waals surface area contributed by atoms with Crippen LogP contribution in [-0.4, -0.2) is 17.9 Å². The van der Waals surface area contributed by atoms with Gasteiger partial charge >= 0.3 is 0 Å². The van der Waals surface area contributed by atoms with Gasteiger partial charge in [0.2, 0.25) is 5.91 Å². The minimum Gasteiger partial charge on any atom is -0.349 e. The van der Waals surface area contributed by atoms with Crippen LogP contribution in [0.5, 0.6) is 0 Å². The summed E-state index contributed by atoms with van der Waals surface area (Å²) in [5, 5.41) is 7.85. The van der Waals surface area contributed by atoms with Crippen LogP contribution in [0.15, 0.2) is 41.8 Å². The molecular weight excluding hydrogens is 315 g/mol. The number of carbonyl (C=O) groups excluding carboxylic acids is 2. The first-order chi connectivity index (χ1) is 11.1. The Bertz CT molecular complexity index is 765. The fourth-order valence-electron chi connectivity index (χ4n) is 2.01. The molecule has 0 aliphatic heterocycles. The second kappa shape index (κ2) is 6.75. The second-order valence-electron chi connectivity index (χ2n) is 5.29. The van der Waals surface area contributed by atoms with Crippen molar-refractivity contribution < 1.29 is 14.0 Å². The Kier molecular flexibility index (Phi) is 4.52. The van der Waals surface area contributed by atoms with E-state index in [0.29, 0.717) is 16.1 Å². The zero-order valence-electron chi connectivity index (χ0n) is 12.2. The number of benzene rings is 1. The predicted octanol–water partition coefficient (Wildman–Crippen LogP) is 3.43. The Hall–Kier alpha value is -2.47. The highest BCUT2D eigenvalue weighted by atomic mass is 32.1. The molecule has 1 fully saturated rings. The molecule has 0 saturated heterocycles. The van der Waals surface area contributed by atoms with Crippen LogP contribution in [0, 0.1) is 5.82 Å². The summed E-state index contributed by atoms with van der Waals surface area (Å²) in [6.07, 6.45) is 4.86. The number of hydrogen-bond donors (Lipinski definition) is 2. The van der Waals surface area contributed by atoms with Crippen LogP contribution in [0.1, 0.15) is 28.8 Å². The predicted molar refractivity (Wildman–Crippen MR) is 88.9 cm³/mol. The van der Waals surface area contributed by atoms with Crippen molar-refractivity contribution in [2.75, 3.05) is 5.32 Å². The summed E-state index contributed by atoms with van der Waals surface area (Å²) in [6, 6.07) is 7.91. The molecule has 1 aliphatic carbocycles.